The summed E-state index contributed by atoms with van der Waals surface area (Å²) in [6.45, 7) is 7.63. The maximum absolute atomic E-state index is 12.7. The summed E-state index contributed by atoms with van der Waals surface area (Å²) in [5.74, 6) is -0.280. The van der Waals surface area contributed by atoms with Gasteiger partial charge in [-0.1, -0.05) is 47.5 Å². The maximum atomic E-state index is 12.7. The van der Waals surface area contributed by atoms with Crippen LogP contribution in [0.1, 0.15) is 29.7 Å². The second-order valence-corrected chi connectivity index (χ2v) is 6.85. The van der Waals surface area contributed by atoms with Gasteiger partial charge in [0.25, 0.3) is 5.56 Å². The molecule has 5 heteroatoms. The van der Waals surface area contributed by atoms with Crippen LogP contribution in [0.15, 0.2) is 59.4 Å². The highest BCUT2D eigenvalue weighted by Crippen LogP contribution is 2.19. The molecule has 27 heavy (non-hydrogen) atoms. The summed E-state index contributed by atoms with van der Waals surface area (Å²) in [6, 6.07) is 16.1. The lowest BCUT2D eigenvalue weighted by atomic mass is 10.1. The van der Waals surface area contributed by atoms with E-state index in [0.29, 0.717) is 5.69 Å². The van der Waals surface area contributed by atoms with Crippen LogP contribution in [0.2, 0.25) is 0 Å². The molecule has 0 fully saturated rings. The molecule has 3 aromatic rings. The number of aryl methyl sites for hydroxylation is 3. The molecule has 0 bridgehead atoms. The molecule has 138 valence electrons. The lowest BCUT2D eigenvalue weighted by molar-refractivity contribution is -0.119. The van der Waals surface area contributed by atoms with Gasteiger partial charge in [-0.25, -0.2) is 4.68 Å². The summed E-state index contributed by atoms with van der Waals surface area (Å²) in [6.07, 6.45) is 0. The molecule has 0 saturated carbocycles. The first kappa shape index (κ1) is 18.6. The lowest BCUT2D eigenvalue weighted by Gasteiger charge is -2.16. The fraction of sp³-hybridized carbons (Fsp3) is 0.227. The Morgan fingerprint density at radius 3 is 2.30 bits per heavy atom. The Labute approximate surface area is 158 Å². The molecule has 1 amide bonds. The quantitative estimate of drug-likeness (QED) is 0.763. The van der Waals surface area contributed by atoms with Crippen LogP contribution in [-0.2, 0) is 4.79 Å². The molecule has 0 radical (unpaired) electrons. The number of carbonyl (C=O) groups is 1. The number of benzene rings is 2. The van der Waals surface area contributed by atoms with Crippen molar-refractivity contribution in [3.8, 4) is 11.3 Å². The number of rotatable bonds is 4. The first-order valence-electron chi connectivity index (χ1n) is 8.90. The SMILES string of the molecule is Cc1ccc(-c2ccc(=O)n(C(C)C(=O)Nc3ccc(C)cc3C)n2)cc1. The van der Waals surface area contributed by atoms with Crippen molar-refractivity contribution in [1.29, 1.82) is 0 Å². The Morgan fingerprint density at radius 2 is 1.63 bits per heavy atom. The van der Waals surface area contributed by atoms with E-state index in [2.05, 4.69) is 10.4 Å². The topological polar surface area (TPSA) is 64.0 Å². The molecular weight excluding hydrogens is 338 g/mol. The van der Waals surface area contributed by atoms with E-state index in [4.69, 9.17) is 0 Å². The maximum Gasteiger partial charge on any atom is 0.267 e. The van der Waals surface area contributed by atoms with Crippen molar-refractivity contribution in [3.63, 3.8) is 0 Å². The zero-order valence-electron chi connectivity index (χ0n) is 16.0. The second kappa shape index (κ2) is 7.58. The summed E-state index contributed by atoms with van der Waals surface area (Å²) in [7, 11) is 0. The molecule has 0 spiro atoms. The highest BCUT2D eigenvalue weighted by molar-refractivity contribution is 5.94. The van der Waals surface area contributed by atoms with Gasteiger partial charge < -0.3 is 5.32 Å². The largest absolute Gasteiger partial charge is 0.324 e. The Hall–Kier alpha value is -3.21. The van der Waals surface area contributed by atoms with Gasteiger partial charge in [0, 0.05) is 17.3 Å². The molecule has 0 aliphatic carbocycles. The van der Waals surface area contributed by atoms with Crippen LogP contribution in [0, 0.1) is 20.8 Å². The summed E-state index contributed by atoms with van der Waals surface area (Å²) in [5.41, 5.74) is 5.23. The van der Waals surface area contributed by atoms with Gasteiger partial charge in [0.2, 0.25) is 5.91 Å². The van der Waals surface area contributed by atoms with Crippen LogP contribution in [0.4, 0.5) is 5.69 Å². The molecule has 1 unspecified atom stereocenters. The summed E-state index contributed by atoms with van der Waals surface area (Å²) >= 11 is 0. The minimum Gasteiger partial charge on any atom is -0.324 e. The van der Waals surface area contributed by atoms with Crippen LogP contribution >= 0.6 is 0 Å². The van der Waals surface area contributed by atoms with Crippen molar-refractivity contribution in [2.75, 3.05) is 5.32 Å². The Morgan fingerprint density at radius 1 is 0.963 bits per heavy atom. The molecule has 1 aromatic heterocycles. The Kier molecular flexibility index (Phi) is 5.21. The number of nitrogens with one attached hydrogen (secondary N) is 1. The Balaban J connectivity index is 1.88. The van der Waals surface area contributed by atoms with E-state index in [0.717, 1.165) is 27.9 Å². The van der Waals surface area contributed by atoms with Crippen LogP contribution in [0.25, 0.3) is 11.3 Å². The van der Waals surface area contributed by atoms with Gasteiger partial charge in [0.15, 0.2) is 0 Å². The zero-order valence-corrected chi connectivity index (χ0v) is 16.0. The Bertz CT molecular complexity index is 1040. The van der Waals surface area contributed by atoms with Gasteiger partial charge >= 0.3 is 0 Å². The van der Waals surface area contributed by atoms with Gasteiger partial charge in [0.05, 0.1) is 5.69 Å². The molecule has 3 rings (SSSR count). The highest BCUT2D eigenvalue weighted by atomic mass is 16.2. The molecule has 0 saturated heterocycles. The third kappa shape index (κ3) is 4.14. The van der Waals surface area contributed by atoms with Crippen molar-refractivity contribution in [1.82, 2.24) is 9.78 Å². The highest BCUT2D eigenvalue weighted by Gasteiger charge is 2.19. The predicted octanol–water partition coefficient (Wildman–Crippen LogP) is 4.04. The van der Waals surface area contributed by atoms with E-state index in [1.54, 1.807) is 13.0 Å². The molecular formula is C22H23N3O2. The van der Waals surface area contributed by atoms with E-state index >= 15 is 0 Å². The van der Waals surface area contributed by atoms with E-state index in [1.807, 2.05) is 63.2 Å². The standard InChI is InChI=1S/C22H23N3O2/c1-14-5-8-18(9-6-14)20-11-12-21(26)25(24-20)17(4)22(27)23-19-10-7-15(2)13-16(19)3/h5-13,17H,1-4H3,(H,23,27). The van der Waals surface area contributed by atoms with Crippen molar-refractivity contribution in [2.45, 2.75) is 33.7 Å². The van der Waals surface area contributed by atoms with Gasteiger partial charge in [-0.2, -0.15) is 5.10 Å². The molecule has 5 nitrogen and oxygen atoms in total. The van der Waals surface area contributed by atoms with Gasteiger partial charge in [-0.15, -0.1) is 0 Å². The van der Waals surface area contributed by atoms with Crippen molar-refractivity contribution >= 4 is 11.6 Å². The van der Waals surface area contributed by atoms with Gasteiger partial charge in [-0.05, 0) is 45.4 Å². The average molecular weight is 361 g/mol. The summed E-state index contributed by atoms with van der Waals surface area (Å²) in [5, 5.41) is 7.31. The van der Waals surface area contributed by atoms with Gasteiger partial charge in [-0.3, -0.25) is 9.59 Å². The average Bonchev–Trinajstić information content (AvgIpc) is 2.64. The molecule has 1 N–H and O–H groups in total. The van der Waals surface area contributed by atoms with Crippen molar-refractivity contribution in [3.05, 3.63) is 81.6 Å². The fourth-order valence-electron chi connectivity index (χ4n) is 2.88. The van der Waals surface area contributed by atoms with E-state index in [9.17, 15) is 9.59 Å². The lowest BCUT2D eigenvalue weighted by Crippen LogP contribution is -2.33. The number of amides is 1. The number of hydrogen-bond donors (Lipinski definition) is 1. The van der Waals surface area contributed by atoms with E-state index in [-0.39, 0.29) is 11.5 Å². The molecule has 0 aliphatic heterocycles. The molecule has 1 atom stereocenters. The number of hydrogen-bond acceptors (Lipinski definition) is 3. The smallest absolute Gasteiger partial charge is 0.267 e. The zero-order chi connectivity index (χ0) is 19.6. The molecule has 1 heterocycles. The monoisotopic (exact) mass is 361 g/mol. The predicted molar refractivity (Wildman–Crippen MR) is 108 cm³/mol. The number of aromatic nitrogens is 2. The van der Waals surface area contributed by atoms with E-state index < -0.39 is 6.04 Å². The van der Waals surface area contributed by atoms with Crippen molar-refractivity contribution in [2.24, 2.45) is 0 Å². The fourth-order valence-corrected chi connectivity index (χ4v) is 2.88. The number of anilines is 1. The second-order valence-electron chi connectivity index (χ2n) is 6.85. The van der Waals surface area contributed by atoms with Crippen molar-refractivity contribution < 1.29 is 4.79 Å². The van der Waals surface area contributed by atoms with E-state index in [1.165, 1.54) is 10.7 Å². The number of carbonyl (C=O) groups excluding carboxylic acids is 1. The van der Waals surface area contributed by atoms with Crippen LogP contribution in [-0.4, -0.2) is 15.7 Å². The third-order valence-electron chi connectivity index (χ3n) is 4.56. The first-order chi connectivity index (χ1) is 12.8. The van der Waals surface area contributed by atoms with Crippen LogP contribution < -0.4 is 10.9 Å². The normalized spacial score (nSPS) is 11.9. The summed E-state index contributed by atoms with van der Waals surface area (Å²) < 4.78 is 1.23. The summed E-state index contributed by atoms with van der Waals surface area (Å²) in [4.78, 5) is 25.0. The van der Waals surface area contributed by atoms with Crippen LogP contribution in [0.5, 0.6) is 0 Å². The first-order valence-corrected chi connectivity index (χ1v) is 8.90. The third-order valence-corrected chi connectivity index (χ3v) is 4.56. The molecule has 0 aliphatic rings. The molecule has 2 aromatic carbocycles. The minimum absolute atomic E-state index is 0.280. The van der Waals surface area contributed by atoms with Crippen LogP contribution in [0.3, 0.4) is 0 Å². The van der Waals surface area contributed by atoms with Gasteiger partial charge in [0.1, 0.15) is 6.04 Å². The minimum atomic E-state index is -0.733. The number of nitrogens with zero attached hydrogens (tertiary/aromatic N) is 2.